The van der Waals surface area contributed by atoms with Gasteiger partial charge < -0.3 is 10.2 Å². The van der Waals surface area contributed by atoms with Crippen LogP contribution in [0.4, 0.5) is 5.82 Å². The van der Waals surface area contributed by atoms with Gasteiger partial charge in [0.05, 0.1) is 0 Å². The SMILES string of the molecule is CC(C)N(C)c1ccc(CN2CCNCC2c2cccnc2)cn1.Cl. The molecule has 2 aromatic heterocycles. The van der Waals surface area contributed by atoms with Crippen molar-refractivity contribution in [3.05, 3.63) is 54.0 Å². The number of nitrogens with one attached hydrogen (secondary N) is 1. The highest BCUT2D eigenvalue weighted by Crippen LogP contribution is 2.23. The zero-order valence-electron chi connectivity index (χ0n) is 15.2. The molecule has 1 aliphatic rings. The smallest absolute Gasteiger partial charge is 0.128 e. The van der Waals surface area contributed by atoms with Gasteiger partial charge in [0, 0.05) is 63.9 Å². The first-order chi connectivity index (χ1) is 11.6. The molecule has 1 N–H and O–H groups in total. The first-order valence-corrected chi connectivity index (χ1v) is 8.67. The number of piperazine rings is 1. The maximum Gasteiger partial charge on any atom is 0.128 e. The van der Waals surface area contributed by atoms with Gasteiger partial charge in [-0.15, -0.1) is 12.4 Å². The minimum atomic E-state index is 0. The second-order valence-corrected chi connectivity index (χ2v) is 6.71. The van der Waals surface area contributed by atoms with Gasteiger partial charge in [-0.05, 0) is 37.1 Å². The van der Waals surface area contributed by atoms with Crippen LogP contribution in [0.3, 0.4) is 0 Å². The van der Waals surface area contributed by atoms with Crippen LogP contribution < -0.4 is 10.2 Å². The summed E-state index contributed by atoms with van der Waals surface area (Å²) < 4.78 is 0. The first kappa shape index (κ1) is 19.6. The molecule has 1 saturated heterocycles. The van der Waals surface area contributed by atoms with Crippen molar-refractivity contribution in [2.75, 3.05) is 31.6 Å². The van der Waals surface area contributed by atoms with E-state index >= 15 is 0 Å². The van der Waals surface area contributed by atoms with E-state index < -0.39 is 0 Å². The summed E-state index contributed by atoms with van der Waals surface area (Å²) in [4.78, 5) is 13.6. The second kappa shape index (κ2) is 9.13. The number of hydrogen-bond acceptors (Lipinski definition) is 5. The number of pyridine rings is 2. The van der Waals surface area contributed by atoms with Crippen LogP contribution in [0.2, 0.25) is 0 Å². The molecule has 0 amide bonds. The second-order valence-electron chi connectivity index (χ2n) is 6.71. The van der Waals surface area contributed by atoms with Gasteiger partial charge in [-0.1, -0.05) is 12.1 Å². The van der Waals surface area contributed by atoms with Crippen LogP contribution in [-0.4, -0.2) is 47.6 Å². The monoisotopic (exact) mass is 361 g/mol. The minimum Gasteiger partial charge on any atom is -0.357 e. The molecule has 3 heterocycles. The third-order valence-electron chi connectivity index (χ3n) is 4.75. The average Bonchev–Trinajstić information content (AvgIpc) is 2.63. The normalized spacial score (nSPS) is 18.0. The van der Waals surface area contributed by atoms with E-state index in [1.807, 2.05) is 24.7 Å². The third-order valence-corrected chi connectivity index (χ3v) is 4.75. The Kier molecular flexibility index (Phi) is 7.17. The Morgan fingerprint density at radius 3 is 2.76 bits per heavy atom. The number of hydrogen-bond donors (Lipinski definition) is 1. The Morgan fingerprint density at radius 1 is 1.28 bits per heavy atom. The molecule has 5 nitrogen and oxygen atoms in total. The molecule has 0 spiro atoms. The minimum absolute atomic E-state index is 0. The van der Waals surface area contributed by atoms with Crippen LogP contribution in [0, 0.1) is 0 Å². The molecule has 1 fully saturated rings. The molecule has 1 unspecified atom stereocenters. The Morgan fingerprint density at radius 2 is 2.12 bits per heavy atom. The van der Waals surface area contributed by atoms with Crippen molar-refractivity contribution < 1.29 is 0 Å². The van der Waals surface area contributed by atoms with Crippen LogP contribution in [-0.2, 0) is 6.54 Å². The quantitative estimate of drug-likeness (QED) is 0.887. The molecule has 1 atom stereocenters. The molecule has 1 aliphatic heterocycles. The first-order valence-electron chi connectivity index (χ1n) is 8.67. The van der Waals surface area contributed by atoms with E-state index in [9.17, 15) is 0 Å². The molecule has 0 aromatic carbocycles. The highest BCUT2D eigenvalue weighted by molar-refractivity contribution is 5.85. The summed E-state index contributed by atoms with van der Waals surface area (Å²) in [5.41, 5.74) is 2.53. The van der Waals surface area contributed by atoms with Crippen molar-refractivity contribution in [2.45, 2.75) is 32.5 Å². The molecule has 0 saturated carbocycles. The molecule has 2 aromatic rings. The molecular weight excluding hydrogens is 334 g/mol. The molecule has 6 heteroatoms. The van der Waals surface area contributed by atoms with Crippen molar-refractivity contribution in [1.29, 1.82) is 0 Å². The number of nitrogens with zero attached hydrogens (tertiary/aromatic N) is 4. The van der Waals surface area contributed by atoms with Crippen molar-refractivity contribution in [1.82, 2.24) is 20.2 Å². The summed E-state index contributed by atoms with van der Waals surface area (Å²) in [6.45, 7) is 8.29. The molecule has 0 aliphatic carbocycles. The van der Waals surface area contributed by atoms with Crippen LogP contribution in [0.1, 0.15) is 31.0 Å². The van der Waals surface area contributed by atoms with Crippen LogP contribution in [0.15, 0.2) is 42.9 Å². The molecule has 25 heavy (non-hydrogen) atoms. The summed E-state index contributed by atoms with van der Waals surface area (Å²) in [5, 5.41) is 3.49. The molecule has 0 bridgehead atoms. The summed E-state index contributed by atoms with van der Waals surface area (Å²) in [7, 11) is 2.08. The number of halogens is 1. The molecular formula is C19H28ClN5. The summed E-state index contributed by atoms with van der Waals surface area (Å²) >= 11 is 0. The van der Waals surface area contributed by atoms with Crippen LogP contribution in [0.25, 0.3) is 0 Å². The zero-order chi connectivity index (χ0) is 16.9. The lowest BCUT2D eigenvalue weighted by Crippen LogP contribution is -2.45. The van der Waals surface area contributed by atoms with Gasteiger partial charge in [-0.3, -0.25) is 9.88 Å². The highest BCUT2D eigenvalue weighted by atomic mass is 35.5. The van der Waals surface area contributed by atoms with E-state index in [-0.39, 0.29) is 12.4 Å². The average molecular weight is 362 g/mol. The van der Waals surface area contributed by atoms with E-state index in [2.05, 4.69) is 64.2 Å². The molecule has 3 rings (SSSR count). The number of anilines is 1. The standard InChI is InChI=1S/C19H27N5.ClH/c1-15(2)23(3)19-7-6-16(11-22-19)14-24-10-9-21-13-18(24)17-5-4-8-20-12-17;/h4-8,11-12,15,18,21H,9-10,13-14H2,1-3H3;1H. The van der Waals surface area contributed by atoms with Gasteiger partial charge in [0.1, 0.15) is 5.82 Å². The van der Waals surface area contributed by atoms with Crippen molar-refractivity contribution in [3.8, 4) is 0 Å². The fourth-order valence-electron chi connectivity index (χ4n) is 3.06. The Balaban J connectivity index is 0.00000225. The topological polar surface area (TPSA) is 44.3 Å². The number of aromatic nitrogens is 2. The zero-order valence-corrected chi connectivity index (χ0v) is 16.0. The van der Waals surface area contributed by atoms with E-state index in [1.54, 1.807) is 0 Å². The Hall–Kier alpha value is -1.69. The van der Waals surface area contributed by atoms with Crippen molar-refractivity contribution in [2.24, 2.45) is 0 Å². The van der Waals surface area contributed by atoms with Gasteiger partial charge in [-0.2, -0.15) is 0 Å². The van der Waals surface area contributed by atoms with Gasteiger partial charge in [0.2, 0.25) is 0 Å². The van der Waals surface area contributed by atoms with Gasteiger partial charge in [0.15, 0.2) is 0 Å². The van der Waals surface area contributed by atoms with Gasteiger partial charge in [0.25, 0.3) is 0 Å². The molecule has 0 radical (unpaired) electrons. The fraction of sp³-hybridized carbons (Fsp3) is 0.474. The summed E-state index contributed by atoms with van der Waals surface area (Å²) in [6, 6.07) is 9.31. The predicted octanol–water partition coefficient (Wildman–Crippen LogP) is 2.89. The van der Waals surface area contributed by atoms with Gasteiger partial charge >= 0.3 is 0 Å². The summed E-state index contributed by atoms with van der Waals surface area (Å²) in [6.07, 6.45) is 5.82. The summed E-state index contributed by atoms with van der Waals surface area (Å²) in [5.74, 6) is 1.03. The lowest BCUT2D eigenvalue weighted by atomic mass is 10.0. The number of rotatable bonds is 5. The maximum atomic E-state index is 4.63. The van der Waals surface area contributed by atoms with E-state index in [1.165, 1.54) is 11.1 Å². The van der Waals surface area contributed by atoms with E-state index in [0.29, 0.717) is 12.1 Å². The van der Waals surface area contributed by atoms with Crippen molar-refractivity contribution in [3.63, 3.8) is 0 Å². The lowest BCUT2D eigenvalue weighted by molar-refractivity contribution is 0.153. The highest BCUT2D eigenvalue weighted by Gasteiger charge is 2.24. The van der Waals surface area contributed by atoms with Crippen LogP contribution >= 0.6 is 12.4 Å². The van der Waals surface area contributed by atoms with Crippen LogP contribution in [0.5, 0.6) is 0 Å². The predicted molar refractivity (Wildman–Crippen MR) is 105 cm³/mol. The van der Waals surface area contributed by atoms with E-state index in [4.69, 9.17) is 0 Å². The molecule has 136 valence electrons. The van der Waals surface area contributed by atoms with Crippen molar-refractivity contribution >= 4 is 18.2 Å². The maximum absolute atomic E-state index is 4.63. The Labute approximate surface area is 156 Å². The Bertz CT molecular complexity index is 632. The van der Waals surface area contributed by atoms with Gasteiger partial charge in [-0.25, -0.2) is 4.98 Å². The largest absolute Gasteiger partial charge is 0.357 e. The van der Waals surface area contributed by atoms with E-state index in [0.717, 1.165) is 32.0 Å². The lowest BCUT2D eigenvalue weighted by Gasteiger charge is -2.36. The third kappa shape index (κ3) is 4.91. The fourth-order valence-corrected chi connectivity index (χ4v) is 3.06.